The fraction of sp³-hybridized carbons (Fsp3) is 0.143. The average Bonchev–Trinajstić information content (AvgIpc) is 2.36. The molecule has 0 radical (unpaired) electrons. The van der Waals surface area contributed by atoms with Crippen molar-refractivity contribution >= 4 is 27.6 Å². The normalized spacial score (nSPS) is 10.2. The van der Waals surface area contributed by atoms with Crippen molar-refractivity contribution in [2.75, 3.05) is 5.73 Å². The van der Waals surface area contributed by atoms with Crippen LogP contribution in [-0.2, 0) is 22.6 Å². The van der Waals surface area contributed by atoms with Gasteiger partial charge in [-0.2, -0.15) is 0 Å². The second-order valence-corrected chi connectivity index (χ2v) is 5.01. The van der Waals surface area contributed by atoms with Gasteiger partial charge >= 0.3 is 5.97 Å². The number of esters is 1. The van der Waals surface area contributed by atoms with E-state index in [0.29, 0.717) is 5.69 Å². The first-order chi connectivity index (χ1) is 9.13. The van der Waals surface area contributed by atoms with Crippen LogP contribution in [0.2, 0.25) is 0 Å². The van der Waals surface area contributed by atoms with Gasteiger partial charge in [-0.05, 0) is 39.7 Å². The van der Waals surface area contributed by atoms with Gasteiger partial charge in [0.2, 0.25) is 0 Å². The quantitative estimate of drug-likeness (QED) is 0.695. The first kappa shape index (κ1) is 13.5. The number of anilines is 1. The Balaban J connectivity index is 1.88. The molecule has 98 valence electrons. The van der Waals surface area contributed by atoms with E-state index in [1.54, 1.807) is 24.5 Å². The number of hydrogen-bond acceptors (Lipinski definition) is 4. The van der Waals surface area contributed by atoms with Crippen molar-refractivity contribution in [3.63, 3.8) is 0 Å². The molecular weight excluding hydrogens is 308 g/mol. The van der Waals surface area contributed by atoms with Crippen molar-refractivity contribution in [3.05, 3.63) is 58.3 Å². The predicted molar refractivity (Wildman–Crippen MR) is 76.3 cm³/mol. The zero-order chi connectivity index (χ0) is 13.7. The molecule has 0 aliphatic rings. The summed E-state index contributed by atoms with van der Waals surface area (Å²) in [6.07, 6.45) is 3.56. The Morgan fingerprint density at radius 2 is 2.11 bits per heavy atom. The summed E-state index contributed by atoms with van der Waals surface area (Å²) in [5.74, 6) is -0.287. The van der Waals surface area contributed by atoms with Crippen LogP contribution in [0.4, 0.5) is 5.69 Å². The minimum absolute atomic E-state index is 0.215. The van der Waals surface area contributed by atoms with E-state index >= 15 is 0 Å². The topological polar surface area (TPSA) is 65.2 Å². The number of benzene rings is 1. The van der Waals surface area contributed by atoms with Gasteiger partial charge < -0.3 is 10.5 Å². The zero-order valence-electron chi connectivity index (χ0n) is 10.2. The molecule has 5 heteroatoms. The van der Waals surface area contributed by atoms with Gasteiger partial charge in [-0.15, -0.1) is 0 Å². The number of carbonyl (C=O) groups is 1. The Bertz CT molecular complexity index is 587. The summed E-state index contributed by atoms with van der Waals surface area (Å²) in [7, 11) is 0. The molecule has 0 amide bonds. The molecule has 19 heavy (non-hydrogen) atoms. The second-order valence-electron chi connectivity index (χ2n) is 4.09. The molecule has 2 aromatic rings. The second kappa shape index (κ2) is 6.33. The van der Waals surface area contributed by atoms with Gasteiger partial charge in [0.1, 0.15) is 6.61 Å². The van der Waals surface area contributed by atoms with Crippen molar-refractivity contribution in [1.29, 1.82) is 0 Å². The Morgan fingerprint density at radius 1 is 1.26 bits per heavy atom. The van der Waals surface area contributed by atoms with Crippen LogP contribution in [0.1, 0.15) is 11.1 Å². The van der Waals surface area contributed by atoms with Gasteiger partial charge in [-0.25, -0.2) is 0 Å². The van der Waals surface area contributed by atoms with E-state index in [0.717, 1.165) is 15.6 Å². The fourth-order valence-electron chi connectivity index (χ4n) is 1.62. The lowest BCUT2D eigenvalue weighted by atomic mass is 10.1. The number of halogens is 1. The number of carbonyl (C=O) groups excluding carboxylic acids is 1. The summed E-state index contributed by atoms with van der Waals surface area (Å²) in [4.78, 5) is 15.7. The summed E-state index contributed by atoms with van der Waals surface area (Å²) >= 11 is 3.31. The van der Waals surface area contributed by atoms with Crippen LogP contribution in [-0.4, -0.2) is 11.0 Å². The molecule has 0 aliphatic carbocycles. The first-order valence-corrected chi connectivity index (χ1v) is 6.52. The first-order valence-electron chi connectivity index (χ1n) is 5.73. The van der Waals surface area contributed by atoms with Crippen LogP contribution in [0.5, 0.6) is 0 Å². The maximum atomic E-state index is 11.7. The van der Waals surface area contributed by atoms with Gasteiger partial charge in [-0.1, -0.05) is 12.1 Å². The molecule has 0 atom stereocenters. The summed E-state index contributed by atoms with van der Waals surface area (Å²) in [6.45, 7) is 0.216. The monoisotopic (exact) mass is 320 g/mol. The predicted octanol–water partition coefficient (Wildman–Crippen LogP) is 2.71. The highest BCUT2D eigenvalue weighted by Gasteiger charge is 2.06. The van der Waals surface area contributed by atoms with Gasteiger partial charge in [-0.3, -0.25) is 9.78 Å². The minimum Gasteiger partial charge on any atom is -0.460 e. The lowest BCUT2D eigenvalue weighted by molar-refractivity contribution is -0.144. The zero-order valence-corrected chi connectivity index (χ0v) is 11.8. The Morgan fingerprint density at radius 3 is 2.84 bits per heavy atom. The molecule has 0 aliphatic heterocycles. The molecule has 0 spiro atoms. The number of nitrogens with two attached hydrogens (primary N) is 1. The molecule has 1 aromatic carbocycles. The largest absolute Gasteiger partial charge is 0.460 e. The van der Waals surface area contributed by atoms with Gasteiger partial charge in [0.25, 0.3) is 0 Å². The molecule has 0 saturated heterocycles. The number of ether oxygens (including phenoxy) is 1. The number of pyridine rings is 1. The van der Waals surface area contributed by atoms with Crippen molar-refractivity contribution in [2.24, 2.45) is 0 Å². The van der Waals surface area contributed by atoms with Crippen LogP contribution in [0.15, 0.2) is 47.2 Å². The third kappa shape index (κ3) is 4.37. The summed E-state index contributed by atoms with van der Waals surface area (Å²) < 4.78 is 6.04. The molecular formula is C14H13BrN2O2. The van der Waals surface area contributed by atoms with Crippen molar-refractivity contribution in [3.8, 4) is 0 Å². The van der Waals surface area contributed by atoms with E-state index in [1.165, 1.54) is 0 Å². The minimum atomic E-state index is -0.287. The number of rotatable bonds is 4. The van der Waals surface area contributed by atoms with Crippen molar-refractivity contribution in [1.82, 2.24) is 4.98 Å². The van der Waals surface area contributed by atoms with Crippen LogP contribution >= 0.6 is 15.9 Å². The number of hydrogen-bond donors (Lipinski definition) is 1. The fourth-order valence-corrected chi connectivity index (χ4v) is 2.03. The standard InChI is InChI=1S/C14H13BrN2O2/c15-12-4-11(7-17-8-12)9-19-14(18)6-10-2-1-3-13(16)5-10/h1-5,7-8H,6,9,16H2. The van der Waals surface area contributed by atoms with Gasteiger partial charge in [0.05, 0.1) is 6.42 Å². The lowest BCUT2D eigenvalue weighted by Crippen LogP contribution is -2.08. The third-order valence-electron chi connectivity index (χ3n) is 2.46. The maximum absolute atomic E-state index is 11.7. The van der Waals surface area contributed by atoms with Crippen LogP contribution in [0.25, 0.3) is 0 Å². The molecule has 0 fully saturated rings. The number of aromatic nitrogens is 1. The average molecular weight is 321 g/mol. The molecule has 2 rings (SSSR count). The van der Waals surface area contributed by atoms with E-state index in [1.807, 2.05) is 18.2 Å². The van der Waals surface area contributed by atoms with E-state index < -0.39 is 0 Å². The van der Waals surface area contributed by atoms with E-state index in [4.69, 9.17) is 10.5 Å². The van der Waals surface area contributed by atoms with E-state index in [2.05, 4.69) is 20.9 Å². The summed E-state index contributed by atoms with van der Waals surface area (Å²) in [5.41, 5.74) is 7.98. The molecule has 0 saturated carbocycles. The van der Waals surface area contributed by atoms with Crippen LogP contribution in [0.3, 0.4) is 0 Å². The highest BCUT2D eigenvalue weighted by atomic mass is 79.9. The highest BCUT2D eigenvalue weighted by molar-refractivity contribution is 9.10. The molecule has 0 bridgehead atoms. The maximum Gasteiger partial charge on any atom is 0.310 e. The smallest absolute Gasteiger partial charge is 0.310 e. The molecule has 1 heterocycles. The molecule has 4 nitrogen and oxygen atoms in total. The molecule has 2 N–H and O–H groups in total. The van der Waals surface area contributed by atoms with Crippen molar-refractivity contribution < 1.29 is 9.53 Å². The number of nitrogen functional groups attached to an aromatic ring is 1. The third-order valence-corrected chi connectivity index (χ3v) is 2.89. The summed E-state index contributed by atoms with van der Waals surface area (Å²) in [6, 6.07) is 9.07. The summed E-state index contributed by atoms with van der Waals surface area (Å²) in [5, 5.41) is 0. The Kier molecular flexibility index (Phi) is 4.52. The lowest BCUT2D eigenvalue weighted by Gasteiger charge is -2.05. The highest BCUT2D eigenvalue weighted by Crippen LogP contribution is 2.11. The van der Waals surface area contributed by atoms with Gasteiger partial charge in [0, 0.05) is 28.1 Å². The van der Waals surface area contributed by atoms with Crippen LogP contribution < -0.4 is 5.73 Å². The Hall–Kier alpha value is -1.88. The number of nitrogens with zero attached hydrogens (tertiary/aromatic N) is 1. The van der Waals surface area contributed by atoms with Gasteiger partial charge in [0.15, 0.2) is 0 Å². The van der Waals surface area contributed by atoms with E-state index in [-0.39, 0.29) is 19.0 Å². The van der Waals surface area contributed by atoms with Crippen LogP contribution in [0, 0.1) is 0 Å². The SMILES string of the molecule is Nc1cccc(CC(=O)OCc2cncc(Br)c2)c1. The molecule has 1 aromatic heterocycles. The molecule has 0 unspecified atom stereocenters. The Labute approximate surface area is 119 Å². The van der Waals surface area contributed by atoms with E-state index in [9.17, 15) is 4.79 Å². The van der Waals surface area contributed by atoms with Crippen molar-refractivity contribution in [2.45, 2.75) is 13.0 Å².